The number of para-hydroxylation sites is 1. The van der Waals surface area contributed by atoms with Crippen LogP contribution < -0.4 is 14.4 Å². The number of anilines is 1. The standard InChI is InChI=1S/C26H20ClNO5/c27-19-9-5-18(6-10-19)15-28-22-4-2-1-3-21(22)26(31,25(28)30)14-20(29)11-7-17-8-12-23-24(13-17)33-16-32-23/h1-13,31H,14-16H2/b11-7-/t26-/m0/s1. The fraction of sp³-hybridized carbons (Fsp3) is 0.154. The minimum absolute atomic E-state index is 0.169. The second kappa shape index (κ2) is 8.39. The lowest BCUT2D eigenvalue weighted by molar-refractivity contribution is -0.140. The molecule has 2 aliphatic heterocycles. The molecule has 166 valence electrons. The van der Waals surface area contributed by atoms with Gasteiger partial charge in [-0.3, -0.25) is 9.59 Å². The van der Waals surface area contributed by atoms with Gasteiger partial charge in [-0.2, -0.15) is 0 Å². The van der Waals surface area contributed by atoms with Crippen molar-refractivity contribution in [3.8, 4) is 11.5 Å². The molecule has 3 aromatic carbocycles. The third kappa shape index (κ3) is 3.99. The van der Waals surface area contributed by atoms with E-state index >= 15 is 0 Å². The van der Waals surface area contributed by atoms with Crippen molar-refractivity contribution in [2.45, 2.75) is 18.6 Å². The predicted octanol–water partition coefficient (Wildman–Crippen LogP) is 4.48. The van der Waals surface area contributed by atoms with Crippen LogP contribution in [-0.4, -0.2) is 23.6 Å². The van der Waals surface area contributed by atoms with Crippen LogP contribution in [0.1, 0.15) is 23.1 Å². The van der Waals surface area contributed by atoms with E-state index in [9.17, 15) is 14.7 Å². The van der Waals surface area contributed by atoms with Crippen molar-refractivity contribution in [1.82, 2.24) is 0 Å². The highest BCUT2D eigenvalue weighted by Crippen LogP contribution is 2.43. The van der Waals surface area contributed by atoms with Crippen LogP contribution in [0.2, 0.25) is 5.02 Å². The van der Waals surface area contributed by atoms with E-state index in [1.165, 1.54) is 11.0 Å². The molecule has 2 heterocycles. The molecular formula is C26H20ClNO5. The monoisotopic (exact) mass is 461 g/mol. The van der Waals surface area contributed by atoms with Gasteiger partial charge in [0.15, 0.2) is 22.9 Å². The molecule has 2 aliphatic rings. The van der Waals surface area contributed by atoms with Crippen molar-refractivity contribution in [3.05, 3.63) is 94.5 Å². The Morgan fingerprint density at radius 1 is 1.06 bits per heavy atom. The molecule has 0 saturated carbocycles. The van der Waals surface area contributed by atoms with Gasteiger partial charge in [0.25, 0.3) is 5.91 Å². The number of carbonyl (C=O) groups excluding carboxylic acids is 2. The summed E-state index contributed by atoms with van der Waals surface area (Å²) in [6, 6.07) is 19.5. The molecule has 0 saturated heterocycles. The first kappa shape index (κ1) is 21.2. The highest BCUT2D eigenvalue weighted by molar-refractivity contribution is 6.30. The van der Waals surface area contributed by atoms with E-state index in [-0.39, 0.29) is 25.5 Å². The summed E-state index contributed by atoms with van der Waals surface area (Å²) < 4.78 is 10.6. The molecule has 7 heteroatoms. The summed E-state index contributed by atoms with van der Waals surface area (Å²) in [5.74, 6) is 0.373. The Morgan fingerprint density at radius 2 is 1.82 bits per heavy atom. The average Bonchev–Trinajstić information content (AvgIpc) is 3.36. The Balaban J connectivity index is 1.37. The molecule has 0 bridgehead atoms. The summed E-state index contributed by atoms with van der Waals surface area (Å²) in [6.07, 6.45) is 2.64. The van der Waals surface area contributed by atoms with Crippen LogP contribution in [0.5, 0.6) is 11.5 Å². The Hall–Kier alpha value is -3.61. The highest BCUT2D eigenvalue weighted by Gasteiger charge is 2.50. The van der Waals surface area contributed by atoms with Gasteiger partial charge in [-0.15, -0.1) is 0 Å². The third-order valence-electron chi connectivity index (χ3n) is 5.78. The number of hydrogen-bond acceptors (Lipinski definition) is 5. The van der Waals surface area contributed by atoms with Gasteiger partial charge >= 0.3 is 0 Å². The van der Waals surface area contributed by atoms with Crippen molar-refractivity contribution >= 4 is 35.1 Å². The van der Waals surface area contributed by atoms with Gasteiger partial charge in [0.1, 0.15) is 0 Å². The summed E-state index contributed by atoms with van der Waals surface area (Å²) in [5, 5.41) is 12.0. The van der Waals surface area contributed by atoms with Crippen molar-refractivity contribution in [3.63, 3.8) is 0 Å². The summed E-state index contributed by atoms with van der Waals surface area (Å²) in [7, 11) is 0. The second-order valence-electron chi connectivity index (χ2n) is 7.98. The normalized spacial score (nSPS) is 18.7. The van der Waals surface area contributed by atoms with E-state index in [1.54, 1.807) is 60.7 Å². The molecular weight excluding hydrogens is 442 g/mol. The Morgan fingerprint density at radius 3 is 2.64 bits per heavy atom. The van der Waals surface area contributed by atoms with Gasteiger partial charge in [0.2, 0.25) is 6.79 Å². The molecule has 0 aliphatic carbocycles. The first-order valence-corrected chi connectivity index (χ1v) is 10.8. The maximum absolute atomic E-state index is 13.3. The van der Waals surface area contributed by atoms with Crippen molar-refractivity contribution in [1.29, 1.82) is 0 Å². The Bertz CT molecular complexity index is 1270. The lowest BCUT2D eigenvalue weighted by Gasteiger charge is -2.22. The van der Waals surface area contributed by atoms with Crippen molar-refractivity contribution in [2.75, 3.05) is 11.7 Å². The number of ketones is 1. The number of rotatable bonds is 6. The molecule has 33 heavy (non-hydrogen) atoms. The minimum atomic E-state index is -1.93. The molecule has 1 atom stereocenters. The van der Waals surface area contributed by atoms with Crippen LogP contribution in [0.4, 0.5) is 5.69 Å². The zero-order valence-corrected chi connectivity index (χ0v) is 18.3. The first-order chi connectivity index (χ1) is 15.9. The third-order valence-corrected chi connectivity index (χ3v) is 6.03. The van der Waals surface area contributed by atoms with E-state index in [0.29, 0.717) is 27.8 Å². The summed E-state index contributed by atoms with van der Waals surface area (Å²) in [4.78, 5) is 27.6. The van der Waals surface area contributed by atoms with Crippen LogP contribution in [0, 0.1) is 0 Å². The molecule has 3 aromatic rings. The SMILES string of the molecule is O=C(/C=C\c1ccc2c(c1)OCO2)C[C@@]1(O)C(=O)N(Cc2ccc(Cl)cc2)c2ccccc21. The van der Waals surface area contributed by atoms with Gasteiger partial charge in [-0.05, 0) is 47.5 Å². The zero-order chi connectivity index (χ0) is 23.0. The maximum Gasteiger partial charge on any atom is 0.264 e. The summed E-state index contributed by atoms with van der Waals surface area (Å²) in [5.41, 5.74) is 0.698. The van der Waals surface area contributed by atoms with Gasteiger partial charge < -0.3 is 19.5 Å². The van der Waals surface area contributed by atoms with Crippen LogP contribution in [0.25, 0.3) is 6.08 Å². The van der Waals surface area contributed by atoms with E-state index in [2.05, 4.69) is 0 Å². The van der Waals surface area contributed by atoms with Gasteiger partial charge in [0, 0.05) is 10.6 Å². The number of nitrogens with zero attached hydrogens (tertiary/aromatic N) is 1. The first-order valence-electron chi connectivity index (χ1n) is 10.4. The number of ether oxygens (including phenoxy) is 2. The van der Waals surface area contributed by atoms with E-state index in [4.69, 9.17) is 21.1 Å². The van der Waals surface area contributed by atoms with Crippen LogP contribution in [0.15, 0.2) is 72.8 Å². The van der Waals surface area contributed by atoms with Gasteiger partial charge in [0.05, 0.1) is 18.7 Å². The van der Waals surface area contributed by atoms with Crippen molar-refractivity contribution in [2.24, 2.45) is 0 Å². The predicted molar refractivity (Wildman–Crippen MR) is 124 cm³/mol. The number of aliphatic hydroxyl groups is 1. The molecule has 5 rings (SSSR count). The van der Waals surface area contributed by atoms with Crippen LogP contribution >= 0.6 is 11.6 Å². The number of allylic oxidation sites excluding steroid dienone is 1. The zero-order valence-electron chi connectivity index (χ0n) is 17.5. The van der Waals surface area contributed by atoms with Gasteiger partial charge in [-0.25, -0.2) is 0 Å². The number of amides is 1. The second-order valence-corrected chi connectivity index (χ2v) is 8.42. The minimum Gasteiger partial charge on any atom is -0.454 e. The highest BCUT2D eigenvalue weighted by atomic mass is 35.5. The number of fused-ring (bicyclic) bond motifs is 2. The quantitative estimate of drug-likeness (QED) is 0.548. The Kier molecular flexibility index (Phi) is 5.40. The number of halogens is 1. The summed E-state index contributed by atoms with van der Waals surface area (Å²) >= 11 is 5.96. The fourth-order valence-electron chi connectivity index (χ4n) is 4.12. The van der Waals surface area contributed by atoms with E-state index in [0.717, 1.165) is 11.1 Å². The van der Waals surface area contributed by atoms with E-state index < -0.39 is 11.5 Å². The topological polar surface area (TPSA) is 76.1 Å². The van der Waals surface area contributed by atoms with Crippen molar-refractivity contribution < 1.29 is 24.2 Å². The molecule has 0 spiro atoms. The van der Waals surface area contributed by atoms with Gasteiger partial charge in [-0.1, -0.05) is 54.1 Å². The molecule has 0 aromatic heterocycles. The lowest BCUT2D eigenvalue weighted by atomic mass is 9.89. The van der Waals surface area contributed by atoms with Crippen LogP contribution in [0.3, 0.4) is 0 Å². The average molecular weight is 462 g/mol. The van der Waals surface area contributed by atoms with E-state index in [1.807, 2.05) is 12.1 Å². The molecule has 1 N–H and O–H groups in total. The number of benzene rings is 3. The largest absolute Gasteiger partial charge is 0.454 e. The number of hydrogen-bond donors (Lipinski definition) is 1. The number of carbonyl (C=O) groups is 2. The molecule has 0 unspecified atom stereocenters. The molecule has 0 fully saturated rings. The molecule has 0 radical (unpaired) electrons. The maximum atomic E-state index is 13.3. The molecule has 6 nitrogen and oxygen atoms in total. The lowest BCUT2D eigenvalue weighted by Crippen LogP contribution is -2.41. The smallest absolute Gasteiger partial charge is 0.264 e. The fourth-order valence-corrected chi connectivity index (χ4v) is 4.25. The molecule has 1 amide bonds. The summed E-state index contributed by atoms with van der Waals surface area (Å²) in [6.45, 7) is 0.430. The Labute approximate surface area is 195 Å². The van der Waals surface area contributed by atoms with Crippen LogP contribution in [-0.2, 0) is 21.7 Å².